The van der Waals surface area contributed by atoms with Crippen LogP contribution in [0.4, 0.5) is 30.7 Å². The van der Waals surface area contributed by atoms with E-state index in [2.05, 4.69) is 5.10 Å². The molecule has 13 heteroatoms. The highest BCUT2D eigenvalue weighted by Gasteiger charge is 2.82. The lowest BCUT2D eigenvalue weighted by molar-refractivity contribution is -0.401. The number of alkyl halides is 7. The number of aliphatic hydroxyl groups is 1. The SMILES string of the molecule is COc1ccc(C2=NN(C(=O)COc3ccc(C4CCCCC4)cc3)[C@](O)(C(F)(F)C(F)(F)C(F)(F)F)C2)cc1. The second-order valence-electron chi connectivity index (χ2n) is 9.81. The minimum atomic E-state index is -6.74. The summed E-state index contributed by atoms with van der Waals surface area (Å²) in [7, 11) is 1.34. The van der Waals surface area contributed by atoms with Crippen molar-refractivity contribution < 1.29 is 50.1 Å². The number of hydrogen-bond donors (Lipinski definition) is 1. The van der Waals surface area contributed by atoms with Crippen molar-refractivity contribution >= 4 is 11.6 Å². The third kappa shape index (κ3) is 5.35. The van der Waals surface area contributed by atoms with Gasteiger partial charge in [0.25, 0.3) is 5.91 Å². The van der Waals surface area contributed by atoms with Gasteiger partial charge in [0.05, 0.1) is 12.8 Å². The molecule has 1 atom stereocenters. The van der Waals surface area contributed by atoms with Crippen molar-refractivity contribution in [2.24, 2.45) is 5.10 Å². The van der Waals surface area contributed by atoms with E-state index in [1.54, 1.807) is 12.1 Å². The Morgan fingerprint density at radius 3 is 2.08 bits per heavy atom. The number of halogens is 7. The second kappa shape index (κ2) is 10.9. The molecule has 2 aliphatic rings. The second-order valence-corrected chi connectivity index (χ2v) is 9.81. The van der Waals surface area contributed by atoms with Gasteiger partial charge in [-0.1, -0.05) is 31.4 Å². The van der Waals surface area contributed by atoms with Crippen molar-refractivity contribution in [2.75, 3.05) is 13.7 Å². The Morgan fingerprint density at radius 1 is 0.950 bits per heavy atom. The maximum absolute atomic E-state index is 14.9. The molecule has 1 heterocycles. The van der Waals surface area contributed by atoms with E-state index in [1.165, 1.54) is 49.9 Å². The van der Waals surface area contributed by atoms with E-state index in [0.29, 0.717) is 11.7 Å². The van der Waals surface area contributed by atoms with Crippen molar-refractivity contribution in [1.82, 2.24) is 5.01 Å². The molecular weight excluding hydrogens is 549 g/mol. The minimum Gasteiger partial charge on any atom is -0.497 e. The third-order valence-electron chi connectivity index (χ3n) is 7.22. The highest BCUT2D eigenvalue weighted by Crippen LogP contribution is 2.54. The van der Waals surface area contributed by atoms with Crippen LogP contribution >= 0.6 is 0 Å². The summed E-state index contributed by atoms with van der Waals surface area (Å²) < 4.78 is 107. The summed E-state index contributed by atoms with van der Waals surface area (Å²) in [4.78, 5) is 12.9. The van der Waals surface area contributed by atoms with Crippen LogP contribution in [0.2, 0.25) is 0 Å². The number of amides is 1. The molecule has 2 aromatic carbocycles. The van der Waals surface area contributed by atoms with Crippen molar-refractivity contribution in [2.45, 2.75) is 68.2 Å². The van der Waals surface area contributed by atoms with E-state index < -0.39 is 53.4 Å². The highest BCUT2D eigenvalue weighted by atomic mass is 19.4. The van der Waals surface area contributed by atoms with E-state index in [-0.39, 0.29) is 11.3 Å². The third-order valence-corrected chi connectivity index (χ3v) is 7.22. The van der Waals surface area contributed by atoms with E-state index >= 15 is 0 Å². The fraction of sp³-hybridized carbons (Fsp3) is 0.481. The predicted octanol–water partition coefficient (Wildman–Crippen LogP) is 6.28. The molecule has 1 amide bonds. The topological polar surface area (TPSA) is 71.4 Å². The van der Waals surface area contributed by atoms with Crippen LogP contribution < -0.4 is 9.47 Å². The van der Waals surface area contributed by atoms with Gasteiger partial charge in [0.2, 0.25) is 5.72 Å². The number of nitrogens with zero attached hydrogens (tertiary/aromatic N) is 2. The van der Waals surface area contributed by atoms with Gasteiger partial charge in [0.15, 0.2) is 6.61 Å². The molecule has 218 valence electrons. The lowest BCUT2D eigenvalue weighted by Gasteiger charge is -2.41. The van der Waals surface area contributed by atoms with E-state index in [0.717, 1.165) is 31.2 Å². The Hall–Kier alpha value is -3.35. The van der Waals surface area contributed by atoms with Crippen molar-refractivity contribution in [3.05, 3.63) is 59.7 Å². The Morgan fingerprint density at radius 2 is 1.52 bits per heavy atom. The molecule has 0 bridgehead atoms. The summed E-state index contributed by atoms with van der Waals surface area (Å²) in [6.45, 7) is -1.07. The molecular formula is C27H27F7N2O4. The summed E-state index contributed by atoms with van der Waals surface area (Å²) in [5, 5.41) is 13.9. The Balaban J connectivity index is 1.59. The number of methoxy groups -OCH3 is 1. The molecule has 6 nitrogen and oxygen atoms in total. The Bertz CT molecular complexity index is 1230. The maximum atomic E-state index is 14.9. The molecule has 1 fully saturated rings. The first-order chi connectivity index (χ1) is 18.7. The first kappa shape index (κ1) is 29.6. The van der Waals surface area contributed by atoms with E-state index in [1.807, 2.05) is 0 Å². The molecule has 1 saturated carbocycles. The lowest BCUT2D eigenvalue weighted by atomic mass is 9.84. The number of carbonyl (C=O) groups is 1. The average Bonchev–Trinajstić information content (AvgIpc) is 3.31. The number of carbonyl (C=O) groups excluding carboxylic acids is 1. The van der Waals surface area contributed by atoms with Gasteiger partial charge in [-0.25, -0.2) is 0 Å². The molecule has 1 aliphatic carbocycles. The number of hydrazone groups is 1. The number of rotatable bonds is 8. The van der Waals surface area contributed by atoms with Crippen LogP contribution in [0.5, 0.6) is 11.5 Å². The van der Waals surface area contributed by atoms with Crippen LogP contribution in [-0.4, -0.2) is 59.2 Å². The molecule has 1 aliphatic heterocycles. The minimum absolute atomic E-state index is 0.0140. The average molecular weight is 577 g/mol. The van der Waals surface area contributed by atoms with Crippen LogP contribution in [0.1, 0.15) is 55.6 Å². The van der Waals surface area contributed by atoms with Gasteiger partial charge in [-0.2, -0.15) is 40.8 Å². The van der Waals surface area contributed by atoms with E-state index in [4.69, 9.17) is 9.47 Å². The molecule has 40 heavy (non-hydrogen) atoms. The fourth-order valence-corrected chi connectivity index (χ4v) is 4.90. The van der Waals surface area contributed by atoms with Crippen LogP contribution in [0.15, 0.2) is 53.6 Å². The molecule has 4 rings (SSSR count). The maximum Gasteiger partial charge on any atom is 0.460 e. The largest absolute Gasteiger partial charge is 0.497 e. The van der Waals surface area contributed by atoms with Crippen molar-refractivity contribution in [3.8, 4) is 11.5 Å². The van der Waals surface area contributed by atoms with Crippen LogP contribution in [-0.2, 0) is 4.79 Å². The summed E-state index contributed by atoms with van der Waals surface area (Å²) in [5.74, 6) is -13.6. The standard InChI is InChI=1S/C27H27F7N2O4/c1-39-20-11-9-19(10-12-20)22-15-24(38,25(28,29)26(30,31)27(32,33)34)36(35-22)23(37)16-40-21-13-7-18(8-14-21)17-5-3-2-4-6-17/h7-14,17,38H,2-6,15-16H2,1H3/t24-/m1/s1. The zero-order chi connectivity index (χ0) is 29.3. The normalized spacial score (nSPS) is 20.8. The van der Waals surface area contributed by atoms with Gasteiger partial charge in [0.1, 0.15) is 11.5 Å². The molecule has 2 aromatic rings. The Kier molecular flexibility index (Phi) is 8.08. The van der Waals surface area contributed by atoms with E-state index in [9.17, 15) is 40.6 Å². The zero-order valence-electron chi connectivity index (χ0n) is 21.4. The van der Waals surface area contributed by atoms with Gasteiger partial charge in [0, 0.05) is 6.42 Å². The van der Waals surface area contributed by atoms with Gasteiger partial charge < -0.3 is 14.6 Å². The highest BCUT2D eigenvalue weighted by molar-refractivity contribution is 6.03. The molecule has 0 spiro atoms. The number of benzene rings is 2. The zero-order valence-corrected chi connectivity index (χ0v) is 21.4. The quantitative estimate of drug-likeness (QED) is 0.376. The van der Waals surface area contributed by atoms with Crippen molar-refractivity contribution in [3.63, 3.8) is 0 Å². The van der Waals surface area contributed by atoms with Crippen LogP contribution in [0.3, 0.4) is 0 Å². The molecule has 1 N–H and O–H groups in total. The predicted molar refractivity (Wildman–Crippen MR) is 130 cm³/mol. The van der Waals surface area contributed by atoms with Crippen molar-refractivity contribution in [1.29, 1.82) is 0 Å². The summed E-state index contributed by atoms with van der Waals surface area (Å²) in [5.41, 5.74) is -3.84. The number of hydrogen-bond acceptors (Lipinski definition) is 5. The Labute approximate surface area is 225 Å². The summed E-state index contributed by atoms with van der Waals surface area (Å²) in [6.07, 6.45) is -2.82. The smallest absolute Gasteiger partial charge is 0.460 e. The lowest BCUT2D eigenvalue weighted by Crippen LogP contribution is -2.69. The molecule has 0 unspecified atom stereocenters. The van der Waals surface area contributed by atoms with Crippen LogP contribution in [0.25, 0.3) is 0 Å². The van der Waals surface area contributed by atoms with Gasteiger partial charge in [-0.05, 0) is 66.3 Å². The summed E-state index contributed by atoms with van der Waals surface area (Å²) >= 11 is 0. The molecule has 0 radical (unpaired) electrons. The number of ether oxygens (including phenoxy) is 2. The summed E-state index contributed by atoms with van der Waals surface area (Å²) in [6, 6.07) is 11.8. The van der Waals surface area contributed by atoms with Gasteiger partial charge in [-0.15, -0.1) is 0 Å². The van der Waals surface area contributed by atoms with Gasteiger partial charge >= 0.3 is 18.0 Å². The monoisotopic (exact) mass is 576 g/mol. The molecule has 0 aromatic heterocycles. The molecule has 0 saturated heterocycles. The fourth-order valence-electron chi connectivity index (χ4n) is 4.90. The van der Waals surface area contributed by atoms with Crippen LogP contribution in [0, 0.1) is 0 Å². The first-order valence-corrected chi connectivity index (χ1v) is 12.5. The first-order valence-electron chi connectivity index (χ1n) is 12.5. The van der Waals surface area contributed by atoms with Gasteiger partial charge in [-0.3, -0.25) is 4.79 Å².